The van der Waals surface area contributed by atoms with E-state index in [4.69, 9.17) is 27.9 Å². The van der Waals surface area contributed by atoms with E-state index in [1.807, 2.05) is 29.2 Å². The third-order valence-corrected chi connectivity index (χ3v) is 8.15. The fourth-order valence-electron chi connectivity index (χ4n) is 5.30. The lowest BCUT2D eigenvalue weighted by Gasteiger charge is -2.42. The van der Waals surface area contributed by atoms with Crippen molar-refractivity contribution in [3.63, 3.8) is 0 Å². The Morgan fingerprint density at radius 3 is 2.39 bits per heavy atom. The third-order valence-electron chi connectivity index (χ3n) is 7.63. The largest absolute Gasteiger partial charge is 0.493 e. The topological polar surface area (TPSA) is 49.9 Å². The third kappa shape index (κ3) is 5.97. The zero-order valence-corrected chi connectivity index (χ0v) is 22.5. The van der Waals surface area contributed by atoms with Gasteiger partial charge in [-0.25, -0.2) is 4.39 Å². The number of likely N-dealkylation sites (tertiary alicyclic amines) is 1. The van der Waals surface area contributed by atoms with Crippen molar-refractivity contribution in [3.05, 3.63) is 99.3 Å². The van der Waals surface area contributed by atoms with Crippen LogP contribution in [0.2, 0.25) is 10.0 Å². The molecule has 2 aliphatic heterocycles. The highest BCUT2D eigenvalue weighted by Gasteiger charge is 2.40. The first-order chi connectivity index (χ1) is 18.3. The van der Waals surface area contributed by atoms with Gasteiger partial charge in [0.05, 0.1) is 11.6 Å². The maximum atomic E-state index is 13.6. The maximum absolute atomic E-state index is 13.6. The molecule has 1 saturated heterocycles. The number of benzene rings is 3. The number of ether oxygens (including phenoxy) is 1. The minimum absolute atomic E-state index is 0.0779. The first kappa shape index (κ1) is 26.5. The fraction of sp³-hybridized carbons (Fsp3) is 0.333. The molecule has 3 aromatic rings. The SMILES string of the molecule is O=C(CC1(COc2cccc(Cl)c2)CCN(C(=O)c2ccc(F)c(Cl)c2)CC1)N1CCc2ccccc2C1. The molecular formula is C30H29Cl2FN2O3. The Bertz CT molecular complexity index is 1340. The van der Waals surface area contributed by atoms with Crippen LogP contribution in [0.4, 0.5) is 4.39 Å². The van der Waals surface area contributed by atoms with Crippen molar-refractivity contribution in [3.8, 4) is 5.75 Å². The molecule has 2 amide bonds. The molecule has 1 fully saturated rings. The van der Waals surface area contributed by atoms with Crippen LogP contribution in [0, 0.1) is 11.2 Å². The van der Waals surface area contributed by atoms with Crippen LogP contribution < -0.4 is 4.74 Å². The van der Waals surface area contributed by atoms with Gasteiger partial charge in [0.15, 0.2) is 0 Å². The van der Waals surface area contributed by atoms with Gasteiger partial charge in [0.1, 0.15) is 11.6 Å². The Labute approximate surface area is 232 Å². The summed E-state index contributed by atoms with van der Waals surface area (Å²) in [5, 5.41) is 0.504. The molecule has 3 aromatic carbocycles. The predicted molar refractivity (Wildman–Crippen MR) is 146 cm³/mol. The number of hydrogen-bond donors (Lipinski definition) is 0. The van der Waals surface area contributed by atoms with Crippen LogP contribution in [-0.2, 0) is 17.8 Å². The molecule has 5 rings (SSSR count). The minimum Gasteiger partial charge on any atom is -0.493 e. The van der Waals surface area contributed by atoms with Gasteiger partial charge in [0.2, 0.25) is 5.91 Å². The monoisotopic (exact) mass is 554 g/mol. The number of carbonyl (C=O) groups is 2. The van der Waals surface area contributed by atoms with Gasteiger partial charge >= 0.3 is 0 Å². The van der Waals surface area contributed by atoms with Gasteiger partial charge in [0.25, 0.3) is 5.91 Å². The Morgan fingerprint density at radius 2 is 1.66 bits per heavy atom. The molecule has 0 radical (unpaired) electrons. The van der Waals surface area contributed by atoms with Crippen LogP contribution in [-0.4, -0.2) is 47.9 Å². The van der Waals surface area contributed by atoms with Gasteiger partial charge < -0.3 is 14.5 Å². The normalized spacial score (nSPS) is 16.6. The summed E-state index contributed by atoms with van der Waals surface area (Å²) in [6.07, 6.45) is 2.38. The molecule has 8 heteroatoms. The molecule has 198 valence electrons. The predicted octanol–water partition coefficient (Wildman–Crippen LogP) is 6.41. The van der Waals surface area contributed by atoms with Gasteiger partial charge in [-0.15, -0.1) is 0 Å². The molecule has 0 N–H and O–H groups in total. The molecular weight excluding hydrogens is 526 g/mol. The molecule has 38 heavy (non-hydrogen) atoms. The van der Waals surface area contributed by atoms with E-state index in [2.05, 4.69) is 12.1 Å². The van der Waals surface area contributed by atoms with Gasteiger partial charge in [0, 0.05) is 48.6 Å². The summed E-state index contributed by atoms with van der Waals surface area (Å²) in [6.45, 7) is 2.56. The number of halogens is 3. The summed E-state index contributed by atoms with van der Waals surface area (Å²) in [5.41, 5.74) is 2.40. The number of amides is 2. The van der Waals surface area contributed by atoms with Gasteiger partial charge in [-0.1, -0.05) is 53.5 Å². The summed E-state index contributed by atoms with van der Waals surface area (Å²) in [6, 6.07) is 19.5. The second-order valence-corrected chi connectivity index (χ2v) is 11.0. The Morgan fingerprint density at radius 1 is 0.895 bits per heavy atom. The summed E-state index contributed by atoms with van der Waals surface area (Å²) < 4.78 is 19.8. The molecule has 5 nitrogen and oxygen atoms in total. The molecule has 2 heterocycles. The second-order valence-electron chi connectivity index (χ2n) is 10.2. The van der Waals surface area contributed by atoms with E-state index in [0.717, 1.165) is 6.42 Å². The van der Waals surface area contributed by atoms with Crippen molar-refractivity contribution >= 4 is 35.0 Å². The Kier molecular flexibility index (Phi) is 7.91. The second kappa shape index (κ2) is 11.3. The standard InChI is InChI=1S/C30H29Cl2FN2O3/c31-24-6-3-7-25(17-24)38-20-30(18-28(36)35-13-10-21-4-1-2-5-23(21)19-35)11-14-34(15-12-30)29(37)22-8-9-27(33)26(32)16-22/h1-9,16-17H,10-15,18-20H2. The molecule has 0 atom stereocenters. The van der Waals surface area contributed by atoms with Gasteiger partial charge in [-0.3, -0.25) is 9.59 Å². The van der Waals surface area contributed by atoms with Crippen LogP contribution in [0.25, 0.3) is 0 Å². The quantitative estimate of drug-likeness (QED) is 0.353. The van der Waals surface area contributed by atoms with Crippen LogP contribution in [0.1, 0.15) is 40.7 Å². The summed E-state index contributed by atoms with van der Waals surface area (Å²) in [5.74, 6) is -0.0110. The number of carbonyl (C=O) groups excluding carboxylic acids is 2. The highest BCUT2D eigenvalue weighted by Crippen LogP contribution is 2.38. The fourth-order valence-corrected chi connectivity index (χ4v) is 5.66. The van der Waals surface area contributed by atoms with Crippen molar-refractivity contribution in [1.82, 2.24) is 9.80 Å². The van der Waals surface area contributed by atoms with E-state index in [9.17, 15) is 14.0 Å². The Hall–Kier alpha value is -3.09. The molecule has 0 saturated carbocycles. The Balaban J connectivity index is 1.30. The number of hydrogen-bond acceptors (Lipinski definition) is 3. The van der Waals surface area contributed by atoms with Crippen molar-refractivity contribution in [2.75, 3.05) is 26.2 Å². The molecule has 0 unspecified atom stereocenters. The molecule has 0 aliphatic carbocycles. The minimum atomic E-state index is -0.558. The van der Waals surface area contributed by atoms with E-state index in [1.54, 1.807) is 17.0 Å². The molecule has 0 aromatic heterocycles. The lowest BCUT2D eigenvalue weighted by Crippen LogP contribution is -2.48. The van der Waals surface area contributed by atoms with Crippen molar-refractivity contribution in [2.24, 2.45) is 5.41 Å². The van der Waals surface area contributed by atoms with Crippen LogP contribution in [0.15, 0.2) is 66.7 Å². The smallest absolute Gasteiger partial charge is 0.253 e. The van der Waals surface area contributed by atoms with E-state index < -0.39 is 11.2 Å². The lowest BCUT2D eigenvalue weighted by molar-refractivity contribution is -0.136. The average molecular weight is 555 g/mol. The number of nitrogens with zero attached hydrogens (tertiary/aromatic N) is 2. The summed E-state index contributed by atoms with van der Waals surface area (Å²) in [7, 11) is 0. The first-order valence-electron chi connectivity index (χ1n) is 12.8. The highest BCUT2D eigenvalue weighted by molar-refractivity contribution is 6.31. The maximum Gasteiger partial charge on any atom is 0.253 e. The molecule has 0 bridgehead atoms. The van der Waals surface area contributed by atoms with E-state index in [0.29, 0.717) is 68.4 Å². The van der Waals surface area contributed by atoms with Crippen molar-refractivity contribution in [2.45, 2.75) is 32.2 Å². The van der Waals surface area contributed by atoms with Crippen LogP contribution >= 0.6 is 23.2 Å². The van der Waals surface area contributed by atoms with E-state index in [-0.39, 0.29) is 16.8 Å². The van der Waals surface area contributed by atoms with E-state index in [1.165, 1.54) is 29.3 Å². The average Bonchev–Trinajstić information content (AvgIpc) is 2.93. The highest BCUT2D eigenvalue weighted by atomic mass is 35.5. The van der Waals surface area contributed by atoms with Crippen molar-refractivity contribution < 1.29 is 18.7 Å². The first-order valence-corrected chi connectivity index (χ1v) is 13.5. The van der Waals surface area contributed by atoms with Crippen LogP contribution in [0.3, 0.4) is 0 Å². The number of rotatable bonds is 6. The number of fused-ring (bicyclic) bond motifs is 1. The van der Waals surface area contributed by atoms with E-state index >= 15 is 0 Å². The zero-order chi connectivity index (χ0) is 26.7. The molecule has 0 spiro atoms. The van der Waals surface area contributed by atoms with Crippen LogP contribution in [0.5, 0.6) is 5.75 Å². The van der Waals surface area contributed by atoms with Gasteiger partial charge in [-0.05, 0) is 66.8 Å². The summed E-state index contributed by atoms with van der Waals surface area (Å²) >= 11 is 12.0. The molecule has 2 aliphatic rings. The van der Waals surface area contributed by atoms with Gasteiger partial charge in [-0.2, -0.15) is 0 Å². The lowest BCUT2D eigenvalue weighted by atomic mass is 9.75. The summed E-state index contributed by atoms with van der Waals surface area (Å²) in [4.78, 5) is 30.3. The number of piperidine rings is 1. The zero-order valence-electron chi connectivity index (χ0n) is 21.0. The van der Waals surface area contributed by atoms with Crippen molar-refractivity contribution in [1.29, 1.82) is 0 Å².